The van der Waals surface area contributed by atoms with E-state index in [1.165, 1.54) is 0 Å². The van der Waals surface area contributed by atoms with E-state index in [0.29, 0.717) is 27.7 Å². The SMILES string of the molecule is CCCNCc1cnc(-c2ccc(C(=O)Nc3ccccc3N)cc2)c(Cl)c1. The first-order chi connectivity index (χ1) is 13.6. The van der Waals surface area contributed by atoms with E-state index in [1.54, 1.807) is 24.3 Å². The second-order valence-corrected chi connectivity index (χ2v) is 6.88. The molecule has 4 N–H and O–H groups in total. The maximum absolute atomic E-state index is 12.4. The number of rotatable bonds is 7. The van der Waals surface area contributed by atoms with E-state index < -0.39 is 0 Å². The molecule has 0 aliphatic rings. The molecular formula is C22H23ClN4O. The lowest BCUT2D eigenvalue weighted by Crippen LogP contribution is -2.14. The zero-order chi connectivity index (χ0) is 19.9. The van der Waals surface area contributed by atoms with Gasteiger partial charge < -0.3 is 16.4 Å². The third-order valence-corrected chi connectivity index (χ3v) is 4.57. The van der Waals surface area contributed by atoms with Crippen LogP contribution in [0, 0.1) is 0 Å². The molecule has 0 unspecified atom stereocenters. The molecule has 3 rings (SSSR count). The molecule has 0 bridgehead atoms. The van der Waals surface area contributed by atoms with Gasteiger partial charge in [-0.1, -0.05) is 42.8 Å². The molecule has 0 aliphatic carbocycles. The van der Waals surface area contributed by atoms with Crippen LogP contribution in [-0.2, 0) is 6.54 Å². The number of hydrogen-bond donors (Lipinski definition) is 3. The van der Waals surface area contributed by atoms with Gasteiger partial charge >= 0.3 is 0 Å². The standard InChI is InChI=1S/C22H23ClN4O/c1-2-11-25-13-15-12-18(23)21(26-14-15)16-7-9-17(10-8-16)22(28)27-20-6-4-3-5-19(20)24/h3-10,12,14,25H,2,11,13,24H2,1H3,(H,27,28). The van der Waals surface area contributed by atoms with E-state index in [9.17, 15) is 4.79 Å². The first kappa shape index (κ1) is 19.9. The molecule has 1 heterocycles. The molecule has 2 aromatic carbocycles. The fourth-order valence-corrected chi connectivity index (χ4v) is 3.08. The molecule has 6 heteroatoms. The van der Waals surface area contributed by atoms with Crippen molar-refractivity contribution in [2.24, 2.45) is 0 Å². The number of nitrogen functional groups attached to an aromatic ring is 1. The van der Waals surface area contributed by atoms with Crippen LogP contribution in [0.3, 0.4) is 0 Å². The van der Waals surface area contributed by atoms with Crippen LogP contribution in [0.1, 0.15) is 29.3 Å². The number of nitrogens with one attached hydrogen (secondary N) is 2. The Hall–Kier alpha value is -2.89. The van der Waals surface area contributed by atoms with Crippen LogP contribution in [-0.4, -0.2) is 17.4 Å². The van der Waals surface area contributed by atoms with Crippen molar-refractivity contribution in [2.75, 3.05) is 17.6 Å². The highest BCUT2D eigenvalue weighted by molar-refractivity contribution is 6.33. The minimum Gasteiger partial charge on any atom is -0.397 e. The summed E-state index contributed by atoms with van der Waals surface area (Å²) in [6.45, 7) is 3.82. The fourth-order valence-electron chi connectivity index (χ4n) is 2.78. The molecule has 3 aromatic rings. The maximum atomic E-state index is 12.4. The van der Waals surface area contributed by atoms with Crippen LogP contribution in [0.4, 0.5) is 11.4 Å². The number of nitrogens with two attached hydrogens (primary N) is 1. The molecule has 28 heavy (non-hydrogen) atoms. The Morgan fingerprint density at radius 2 is 1.89 bits per heavy atom. The molecule has 0 atom stereocenters. The van der Waals surface area contributed by atoms with Gasteiger partial charge in [-0.3, -0.25) is 9.78 Å². The Labute approximate surface area is 169 Å². The average molecular weight is 395 g/mol. The molecular weight excluding hydrogens is 372 g/mol. The number of benzene rings is 2. The summed E-state index contributed by atoms with van der Waals surface area (Å²) in [4.78, 5) is 16.9. The third kappa shape index (κ3) is 4.88. The Morgan fingerprint density at radius 3 is 2.57 bits per heavy atom. The van der Waals surface area contributed by atoms with E-state index in [-0.39, 0.29) is 5.91 Å². The number of hydrogen-bond acceptors (Lipinski definition) is 4. The molecule has 5 nitrogen and oxygen atoms in total. The van der Waals surface area contributed by atoms with Crippen LogP contribution < -0.4 is 16.4 Å². The van der Waals surface area contributed by atoms with Crippen molar-refractivity contribution in [3.8, 4) is 11.3 Å². The van der Waals surface area contributed by atoms with Gasteiger partial charge in [0.25, 0.3) is 5.91 Å². The Kier molecular flexibility index (Phi) is 6.63. The second kappa shape index (κ2) is 9.35. The van der Waals surface area contributed by atoms with E-state index >= 15 is 0 Å². The molecule has 0 saturated carbocycles. The fraction of sp³-hybridized carbons (Fsp3) is 0.182. The number of nitrogens with zero attached hydrogens (tertiary/aromatic N) is 1. The van der Waals surface area contributed by atoms with Gasteiger partial charge in [0.1, 0.15) is 0 Å². The van der Waals surface area contributed by atoms with Gasteiger partial charge in [0.05, 0.1) is 22.1 Å². The number of amides is 1. The van der Waals surface area contributed by atoms with Crippen molar-refractivity contribution in [3.05, 3.63) is 76.9 Å². The highest BCUT2D eigenvalue weighted by Gasteiger charge is 2.10. The Bertz CT molecular complexity index is 957. The summed E-state index contributed by atoms with van der Waals surface area (Å²) in [6, 6.07) is 16.3. The monoisotopic (exact) mass is 394 g/mol. The number of anilines is 2. The summed E-state index contributed by atoms with van der Waals surface area (Å²) in [7, 11) is 0. The molecule has 0 spiro atoms. The number of carbonyl (C=O) groups is 1. The largest absolute Gasteiger partial charge is 0.397 e. The minimum absolute atomic E-state index is 0.221. The van der Waals surface area contributed by atoms with Gasteiger partial charge in [-0.15, -0.1) is 0 Å². The minimum atomic E-state index is -0.221. The van der Waals surface area contributed by atoms with Crippen molar-refractivity contribution in [1.29, 1.82) is 0 Å². The normalized spacial score (nSPS) is 10.6. The van der Waals surface area contributed by atoms with E-state index in [1.807, 2.05) is 36.5 Å². The second-order valence-electron chi connectivity index (χ2n) is 6.47. The summed E-state index contributed by atoms with van der Waals surface area (Å²) in [5.74, 6) is -0.221. The molecule has 0 fully saturated rings. The number of aromatic nitrogens is 1. The van der Waals surface area contributed by atoms with Crippen molar-refractivity contribution in [1.82, 2.24) is 10.3 Å². The van der Waals surface area contributed by atoms with E-state index in [0.717, 1.165) is 30.6 Å². The van der Waals surface area contributed by atoms with Crippen molar-refractivity contribution in [2.45, 2.75) is 19.9 Å². The Balaban J connectivity index is 1.72. The lowest BCUT2D eigenvalue weighted by atomic mass is 10.1. The maximum Gasteiger partial charge on any atom is 0.255 e. The van der Waals surface area contributed by atoms with E-state index in [2.05, 4.69) is 22.5 Å². The summed E-state index contributed by atoms with van der Waals surface area (Å²) < 4.78 is 0. The molecule has 0 radical (unpaired) electrons. The molecule has 1 aromatic heterocycles. The molecule has 0 saturated heterocycles. The van der Waals surface area contributed by atoms with Crippen molar-refractivity contribution < 1.29 is 4.79 Å². The lowest BCUT2D eigenvalue weighted by molar-refractivity contribution is 0.102. The predicted molar refractivity (Wildman–Crippen MR) is 115 cm³/mol. The number of carbonyl (C=O) groups excluding carboxylic acids is 1. The highest BCUT2D eigenvalue weighted by atomic mass is 35.5. The first-order valence-electron chi connectivity index (χ1n) is 9.20. The topological polar surface area (TPSA) is 80.0 Å². The number of para-hydroxylation sites is 2. The summed E-state index contributed by atoms with van der Waals surface area (Å²) in [5.41, 5.74) is 10.1. The number of halogens is 1. The summed E-state index contributed by atoms with van der Waals surface area (Å²) >= 11 is 6.42. The molecule has 0 aliphatic heterocycles. The molecule has 1 amide bonds. The average Bonchev–Trinajstić information content (AvgIpc) is 2.70. The first-order valence-corrected chi connectivity index (χ1v) is 9.57. The molecule has 144 valence electrons. The Morgan fingerprint density at radius 1 is 1.14 bits per heavy atom. The summed E-state index contributed by atoms with van der Waals surface area (Å²) in [6.07, 6.45) is 2.90. The predicted octanol–water partition coefficient (Wildman–Crippen LogP) is 4.74. The highest BCUT2D eigenvalue weighted by Crippen LogP contribution is 2.27. The van der Waals surface area contributed by atoms with Crippen LogP contribution in [0.2, 0.25) is 5.02 Å². The van der Waals surface area contributed by atoms with Crippen molar-refractivity contribution >= 4 is 28.9 Å². The number of pyridine rings is 1. The van der Waals surface area contributed by atoms with Crippen LogP contribution in [0.15, 0.2) is 60.8 Å². The van der Waals surface area contributed by atoms with Gasteiger partial charge in [0.2, 0.25) is 0 Å². The lowest BCUT2D eigenvalue weighted by Gasteiger charge is -2.10. The van der Waals surface area contributed by atoms with Gasteiger partial charge in [-0.05, 0) is 48.9 Å². The summed E-state index contributed by atoms with van der Waals surface area (Å²) in [5, 5.41) is 6.73. The zero-order valence-corrected chi connectivity index (χ0v) is 16.5. The van der Waals surface area contributed by atoms with Gasteiger partial charge in [-0.25, -0.2) is 0 Å². The van der Waals surface area contributed by atoms with E-state index in [4.69, 9.17) is 17.3 Å². The van der Waals surface area contributed by atoms with Gasteiger partial charge in [0, 0.05) is 23.9 Å². The smallest absolute Gasteiger partial charge is 0.255 e. The van der Waals surface area contributed by atoms with Crippen molar-refractivity contribution in [3.63, 3.8) is 0 Å². The zero-order valence-electron chi connectivity index (χ0n) is 15.7. The third-order valence-electron chi connectivity index (χ3n) is 4.28. The van der Waals surface area contributed by atoms with Crippen LogP contribution in [0.25, 0.3) is 11.3 Å². The van der Waals surface area contributed by atoms with Gasteiger partial charge in [0.15, 0.2) is 0 Å². The van der Waals surface area contributed by atoms with Crippen LogP contribution in [0.5, 0.6) is 0 Å². The quantitative estimate of drug-likeness (QED) is 0.399. The van der Waals surface area contributed by atoms with Gasteiger partial charge in [-0.2, -0.15) is 0 Å². The van der Waals surface area contributed by atoms with Crippen LogP contribution >= 0.6 is 11.6 Å².